The number of allylic oxidation sites excluding steroid dienone is 2. The highest BCUT2D eigenvalue weighted by molar-refractivity contribution is 7.81. The molecule has 1 aliphatic rings. The SMILES string of the molecule is CC.CC1=C(C)C(C)(C)CC(S)C1=O. The van der Waals surface area contributed by atoms with Gasteiger partial charge in [-0.15, -0.1) is 0 Å². The van der Waals surface area contributed by atoms with Crippen LogP contribution in [0.1, 0.15) is 48.0 Å². The normalized spacial score (nSPS) is 25.6. The molecule has 1 rings (SSSR count). The number of thiol groups is 1. The van der Waals surface area contributed by atoms with Crippen molar-refractivity contribution in [3.63, 3.8) is 0 Å². The Balaban J connectivity index is 0.000000791. The quantitative estimate of drug-likeness (QED) is 0.609. The molecule has 0 aromatic carbocycles. The van der Waals surface area contributed by atoms with Gasteiger partial charge in [-0.25, -0.2) is 0 Å². The first-order valence-electron chi connectivity index (χ1n) is 5.26. The van der Waals surface area contributed by atoms with Gasteiger partial charge in [-0.05, 0) is 31.3 Å². The number of rotatable bonds is 0. The van der Waals surface area contributed by atoms with Crippen LogP contribution >= 0.6 is 12.6 Å². The van der Waals surface area contributed by atoms with Crippen molar-refractivity contribution in [3.05, 3.63) is 11.1 Å². The molecule has 1 atom stereocenters. The van der Waals surface area contributed by atoms with Crippen LogP contribution < -0.4 is 0 Å². The molecular weight excluding hydrogens is 192 g/mol. The van der Waals surface area contributed by atoms with E-state index in [1.165, 1.54) is 5.57 Å². The fourth-order valence-corrected chi connectivity index (χ4v) is 2.32. The highest BCUT2D eigenvalue weighted by Gasteiger charge is 2.34. The summed E-state index contributed by atoms with van der Waals surface area (Å²) in [6, 6.07) is 0. The summed E-state index contributed by atoms with van der Waals surface area (Å²) in [5, 5.41) is -0.0938. The highest BCUT2D eigenvalue weighted by atomic mass is 32.1. The number of hydrogen-bond acceptors (Lipinski definition) is 2. The van der Waals surface area contributed by atoms with Crippen LogP contribution in [0, 0.1) is 5.41 Å². The molecule has 0 N–H and O–H groups in total. The second-order valence-electron chi connectivity index (χ2n) is 4.22. The zero-order valence-corrected chi connectivity index (χ0v) is 11.0. The summed E-state index contributed by atoms with van der Waals surface area (Å²) in [5.74, 6) is 0.204. The summed E-state index contributed by atoms with van der Waals surface area (Å²) < 4.78 is 0. The van der Waals surface area contributed by atoms with Crippen molar-refractivity contribution < 1.29 is 4.79 Å². The lowest BCUT2D eigenvalue weighted by molar-refractivity contribution is -0.116. The van der Waals surface area contributed by atoms with Crippen molar-refractivity contribution in [3.8, 4) is 0 Å². The zero-order chi connectivity index (χ0) is 11.5. The van der Waals surface area contributed by atoms with E-state index in [0.717, 1.165) is 12.0 Å². The second-order valence-corrected chi connectivity index (χ2v) is 4.84. The van der Waals surface area contributed by atoms with E-state index in [-0.39, 0.29) is 16.4 Å². The summed E-state index contributed by atoms with van der Waals surface area (Å²) in [6.07, 6.45) is 0.859. The predicted molar refractivity (Wildman–Crippen MR) is 65.9 cm³/mol. The molecule has 0 fully saturated rings. The fraction of sp³-hybridized carbons (Fsp3) is 0.750. The Morgan fingerprint density at radius 3 is 2.14 bits per heavy atom. The largest absolute Gasteiger partial charge is 0.293 e. The maximum Gasteiger partial charge on any atom is 0.171 e. The minimum absolute atomic E-state index is 0.0938. The van der Waals surface area contributed by atoms with Gasteiger partial charge in [0, 0.05) is 0 Å². The van der Waals surface area contributed by atoms with E-state index in [4.69, 9.17) is 0 Å². The van der Waals surface area contributed by atoms with Gasteiger partial charge in [-0.1, -0.05) is 33.3 Å². The van der Waals surface area contributed by atoms with Gasteiger partial charge in [0.2, 0.25) is 0 Å². The van der Waals surface area contributed by atoms with Crippen LogP contribution in [0.25, 0.3) is 0 Å². The molecule has 0 radical (unpaired) electrons. The van der Waals surface area contributed by atoms with E-state index in [1.54, 1.807) is 0 Å². The van der Waals surface area contributed by atoms with Crippen molar-refractivity contribution in [2.75, 3.05) is 0 Å². The van der Waals surface area contributed by atoms with Crippen LogP contribution in [-0.2, 0) is 4.79 Å². The zero-order valence-electron chi connectivity index (χ0n) is 10.1. The van der Waals surface area contributed by atoms with Gasteiger partial charge in [0.15, 0.2) is 5.78 Å². The summed E-state index contributed by atoms with van der Waals surface area (Å²) >= 11 is 4.29. The molecule has 0 aliphatic heterocycles. The Labute approximate surface area is 93.4 Å². The minimum atomic E-state index is -0.0938. The molecule has 0 spiro atoms. The van der Waals surface area contributed by atoms with E-state index in [2.05, 4.69) is 26.5 Å². The number of Topliss-reactive ketones (excluding diaryl/α,β-unsaturated/α-hetero) is 1. The Hall–Kier alpha value is -0.240. The Kier molecular flexibility index (Phi) is 4.93. The van der Waals surface area contributed by atoms with Gasteiger partial charge in [-0.3, -0.25) is 4.79 Å². The number of carbonyl (C=O) groups excluding carboxylic acids is 1. The van der Waals surface area contributed by atoms with Gasteiger partial charge in [0.1, 0.15) is 0 Å². The maximum absolute atomic E-state index is 11.5. The summed E-state index contributed by atoms with van der Waals surface area (Å²) in [6.45, 7) is 12.3. The van der Waals surface area contributed by atoms with Crippen LogP contribution in [0.4, 0.5) is 0 Å². The lowest BCUT2D eigenvalue weighted by atomic mass is 9.73. The van der Waals surface area contributed by atoms with Crippen molar-refractivity contribution in [1.29, 1.82) is 0 Å². The lowest BCUT2D eigenvalue weighted by Gasteiger charge is -2.34. The van der Waals surface area contributed by atoms with Crippen molar-refractivity contribution in [1.82, 2.24) is 0 Å². The van der Waals surface area contributed by atoms with Crippen LogP contribution in [0.2, 0.25) is 0 Å². The minimum Gasteiger partial charge on any atom is -0.293 e. The first kappa shape index (κ1) is 13.8. The van der Waals surface area contributed by atoms with Gasteiger partial charge >= 0.3 is 0 Å². The van der Waals surface area contributed by atoms with Gasteiger partial charge in [0.25, 0.3) is 0 Å². The third kappa shape index (κ3) is 2.63. The third-order valence-electron chi connectivity index (χ3n) is 2.95. The van der Waals surface area contributed by atoms with Crippen molar-refractivity contribution in [2.24, 2.45) is 5.41 Å². The average molecular weight is 214 g/mol. The maximum atomic E-state index is 11.5. The van der Waals surface area contributed by atoms with Crippen molar-refractivity contribution >= 4 is 18.4 Å². The summed E-state index contributed by atoms with van der Waals surface area (Å²) in [4.78, 5) is 11.5. The highest BCUT2D eigenvalue weighted by Crippen LogP contribution is 2.39. The second kappa shape index (κ2) is 5.01. The van der Waals surface area contributed by atoms with E-state index < -0.39 is 0 Å². The van der Waals surface area contributed by atoms with E-state index in [1.807, 2.05) is 27.7 Å². The molecule has 0 heterocycles. The third-order valence-corrected chi connectivity index (χ3v) is 3.37. The molecular formula is C12H22OS. The summed E-state index contributed by atoms with van der Waals surface area (Å²) in [7, 11) is 0. The lowest BCUT2D eigenvalue weighted by Crippen LogP contribution is -2.32. The smallest absolute Gasteiger partial charge is 0.171 e. The van der Waals surface area contributed by atoms with Gasteiger partial charge in [-0.2, -0.15) is 12.6 Å². The molecule has 1 unspecified atom stereocenters. The first-order valence-corrected chi connectivity index (χ1v) is 5.78. The van der Waals surface area contributed by atoms with E-state index >= 15 is 0 Å². The molecule has 0 aromatic rings. The summed E-state index contributed by atoms with van der Waals surface area (Å²) in [5.41, 5.74) is 2.27. The van der Waals surface area contributed by atoms with Crippen LogP contribution in [-0.4, -0.2) is 11.0 Å². The van der Waals surface area contributed by atoms with Gasteiger partial charge in [0.05, 0.1) is 5.25 Å². The predicted octanol–water partition coefficient (Wildman–Crippen LogP) is 3.65. The molecule has 0 saturated heterocycles. The Morgan fingerprint density at radius 2 is 1.71 bits per heavy atom. The monoisotopic (exact) mass is 214 g/mol. The molecule has 82 valence electrons. The topological polar surface area (TPSA) is 17.1 Å². The molecule has 14 heavy (non-hydrogen) atoms. The molecule has 0 amide bonds. The first-order chi connectivity index (χ1) is 6.36. The van der Waals surface area contributed by atoms with E-state index in [0.29, 0.717) is 0 Å². The Morgan fingerprint density at radius 1 is 1.29 bits per heavy atom. The fourth-order valence-electron chi connectivity index (χ4n) is 1.67. The molecule has 0 aromatic heterocycles. The number of hydrogen-bond donors (Lipinski definition) is 1. The number of ketones is 1. The molecule has 2 heteroatoms. The molecule has 0 saturated carbocycles. The molecule has 0 bridgehead atoms. The van der Waals surface area contributed by atoms with Crippen LogP contribution in [0.3, 0.4) is 0 Å². The van der Waals surface area contributed by atoms with Crippen molar-refractivity contribution in [2.45, 2.75) is 53.2 Å². The molecule has 1 nitrogen and oxygen atoms in total. The number of carbonyl (C=O) groups is 1. The standard InChI is InChI=1S/C10H16OS.C2H6/c1-6-7(2)10(3,4)5-8(12)9(6)11;1-2/h8,12H,5H2,1-4H3;1-2H3. The Bertz CT molecular complexity index is 251. The van der Waals surface area contributed by atoms with Gasteiger partial charge < -0.3 is 0 Å². The van der Waals surface area contributed by atoms with Crippen LogP contribution in [0.15, 0.2) is 11.1 Å². The molecule has 1 aliphatic carbocycles. The average Bonchev–Trinajstić information content (AvgIpc) is 2.15. The van der Waals surface area contributed by atoms with E-state index in [9.17, 15) is 4.79 Å². The van der Waals surface area contributed by atoms with Crippen LogP contribution in [0.5, 0.6) is 0 Å².